The van der Waals surface area contributed by atoms with Crippen molar-refractivity contribution in [2.45, 2.75) is 188 Å². The van der Waals surface area contributed by atoms with Crippen LogP contribution in [0.4, 0.5) is 52.7 Å². The maximum Gasteiger partial charge on any atom is 0.198 e. The van der Waals surface area contributed by atoms with Crippen molar-refractivity contribution in [1.82, 2.24) is 0 Å². The third-order valence-corrected chi connectivity index (χ3v) is 25.5. The van der Waals surface area contributed by atoms with Crippen LogP contribution in [0.3, 0.4) is 0 Å². The number of hydrogen-bond donors (Lipinski definition) is 0. The summed E-state index contributed by atoms with van der Waals surface area (Å²) in [6.07, 6.45) is 0. The van der Waals surface area contributed by atoms with Gasteiger partial charge in [0.15, 0.2) is 69.8 Å². The van der Waals surface area contributed by atoms with Gasteiger partial charge in [-0.15, -0.1) is 0 Å². The predicted octanol–water partition coefficient (Wildman–Crippen LogP) is 38.7. The summed E-state index contributed by atoms with van der Waals surface area (Å²) in [6, 6.07) is 104. The van der Waals surface area contributed by atoms with Crippen LogP contribution in [0.25, 0.3) is 110 Å². The number of aryl methyl sites for hydroxylation is 12. The van der Waals surface area contributed by atoms with Gasteiger partial charge in [-0.1, -0.05) is 384 Å². The van der Waals surface area contributed by atoms with E-state index in [1.54, 1.807) is 0 Å². The lowest BCUT2D eigenvalue weighted by Crippen LogP contribution is -2.11. The van der Waals surface area contributed by atoms with Crippen LogP contribution in [0.1, 0.15) is 172 Å². The fraction of sp³-hybridized carbons (Fsp3) is 0.219. The quantitative estimate of drug-likeness (QED) is 0.0674. The van der Waals surface area contributed by atoms with Crippen molar-refractivity contribution in [3.8, 4) is 66.8 Å². The molecule has 0 atom stereocenters. The summed E-state index contributed by atoms with van der Waals surface area (Å²) in [5.74, 6) is -20.9. The summed E-state index contributed by atoms with van der Waals surface area (Å²) in [6.45, 7) is 53.0. The van der Waals surface area contributed by atoms with Crippen molar-refractivity contribution in [3.63, 3.8) is 0 Å². The van der Waals surface area contributed by atoms with E-state index in [1.165, 1.54) is 189 Å². The lowest BCUT2D eigenvalue weighted by atomic mass is 9.83. The molecule has 0 aromatic heterocycles. The van der Waals surface area contributed by atoms with Gasteiger partial charge >= 0.3 is 0 Å². The van der Waals surface area contributed by atoms with E-state index in [0.29, 0.717) is 0 Å². The van der Waals surface area contributed by atoms with Crippen molar-refractivity contribution in [2.75, 3.05) is 0 Å². The van der Waals surface area contributed by atoms with Gasteiger partial charge in [0, 0.05) is 11.1 Å². The molecule has 0 aliphatic rings. The van der Waals surface area contributed by atoms with E-state index in [4.69, 9.17) is 0 Å². The van der Waals surface area contributed by atoms with Gasteiger partial charge in [0.05, 0.1) is 0 Å². The smallest absolute Gasteiger partial charge is 0.198 e. The maximum atomic E-state index is 13.4. The van der Waals surface area contributed by atoms with Crippen LogP contribution >= 0.6 is 0 Å². The average molecular weight is 1890 g/mol. The normalized spacial score (nSPS) is 11.3. The Morgan fingerprint density at radius 1 is 0.157 bits per heavy atom. The molecule has 0 nitrogen and oxygen atoms in total. The van der Waals surface area contributed by atoms with E-state index in [0.717, 1.165) is 24.3 Å². The summed E-state index contributed by atoms with van der Waals surface area (Å²) in [5.41, 5.74) is 31.0. The van der Waals surface area contributed by atoms with Gasteiger partial charge in [0.25, 0.3) is 0 Å². The van der Waals surface area contributed by atoms with Gasteiger partial charge in [0.2, 0.25) is 0 Å². The molecule has 0 N–H and O–H groups in total. The lowest BCUT2D eigenvalue weighted by molar-refractivity contribution is 0.404. The SMILES string of the molecule is CC(C)(C)c1ccc(-c2ccc(C(C)(C)C)cc2)cc1.CC(C)(C)c1cccc(-c2cccc(C(C)(C)C)c2)c1.Cc1ccc(-c2ccc(C)c(C)c2)cc1C.Cc1ccc(-c2ccc(C)cc2)cc1.Cc1ccc2c(ccc3c(C)c(C)ccc32)c1C.Cc1ccc2c(ccc3cc(C)ccc32)c1.Fc1cc(-c2cc(F)c(F)c(F)c2F)c(F)c(F)c1F.Fc1ccc(-c2ccc(F)c(F)c2)cc1F. The fourth-order valence-electron chi connectivity index (χ4n) is 15.9. The maximum absolute atomic E-state index is 13.4. The number of benzene rings is 18. The Morgan fingerprint density at radius 3 is 0.729 bits per heavy atom. The molecule has 0 saturated heterocycles. The van der Waals surface area contributed by atoms with Crippen LogP contribution < -0.4 is 0 Å². The molecule has 720 valence electrons. The third-order valence-electron chi connectivity index (χ3n) is 25.5. The molecule has 0 saturated carbocycles. The lowest BCUT2D eigenvalue weighted by Gasteiger charge is -2.21. The molecule has 0 bridgehead atoms. The van der Waals surface area contributed by atoms with Crippen LogP contribution in [-0.2, 0) is 21.7 Å². The van der Waals surface area contributed by atoms with Gasteiger partial charge < -0.3 is 0 Å². The molecule has 18 rings (SSSR count). The molecule has 12 heteroatoms. The summed E-state index contributed by atoms with van der Waals surface area (Å²) >= 11 is 0. The molecule has 18 aromatic carbocycles. The zero-order valence-electron chi connectivity index (χ0n) is 84.6. The Morgan fingerprint density at radius 2 is 0.421 bits per heavy atom. The minimum absolute atomic E-state index is 0.00292. The number of hydrogen-bond acceptors (Lipinski definition) is 0. The van der Waals surface area contributed by atoms with Crippen LogP contribution in [0, 0.1) is 153 Å². The molecule has 0 unspecified atom stereocenters. The zero-order chi connectivity index (χ0) is 102. The molecule has 140 heavy (non-hydrogen) atoms. The first-order valence-corrected chi connectivity index (χ1v) is 46.9. The number of rotatable bonds is 6. The molecule has 0 amide bonds. The van der Waals surface area contributed by atoms with Crippen molar-refractivity contribution in [3.05, 3.63) is 474 Å². The first-order chi connectivity index (χ1) is 65.8. The highest BCUT2D eigenvalue weighted by Gasteiger charge is 2.27. The van der Waals surface area contributed by atoms with Gasteiger partial charge in [-0.05, 0) is 307 Å². The summed E-state index contributed by atoms with van der Waals surface area (Å²) in [5, 5.41) is 10.9. The Bertz CT molecular complexity index is 6900. The molecule has 0 heterocycles. The summed E-state index contributed by atoms with van der Waals surface area (Å²) < 4.78 is 155. The van der Waals surface area contributed by atoms with Crippen molar-refractivity contribution < 1.29 is 52.7 Å². The Kier molecular flexibility index (Phi) is 34.6. The van der Waals surface area contributed by atoms with Gasteiger partial charge in [-0.3, -0.25) is 0 Å². The van der Waals surface area contributed by atoms with E-state index in [-0.39, 0.29) is 44.9 Å². The topological polar surface area (TPSA) is 0 Å². The van der Waals surface area contributed by atoms with Crippen LogP contribution in [0.5, 0.6) is 0 Å². The van der Waals surface area contributed by atoms with Crippen LogP contribution in [-0.4, -0.2) is 0 Å². The highest BCUT2D eigenvalue weighted by Crippen LogP contribution is 2.39. The molecule has 0 fully saturated rings. The van der Waals surface area contributed by atoms with Crippen LogP contribution in [0.2, 0.25) is 0 Å². The second-order valence-electron chi connectivity index (χ2n) is 40.4. The molecule has 0 aliphatic carbocycles. The Hall–Kier alpha value is -13.8. The van der Waals surface area contributed by atoms with Crippen LogP contribution in [0.15, 0.2) is 315 Å². The van der Waals surface area contributed by atoms with Crippen molar-refractivity contribution >= 4 is 43.1 Å². The largest absolute Gasteiger partial charge is 0.204 e. The molecular formula is C128H124F12. The number of fused-ring (bicyclic) bond motifs is 6. The molecule has 18 aromatic rings. The monoisotopic (exact) mass is 1890 g/mol. The van der Waals surface area contributed by atoms with E-state index in [1.807, 2.05) is 0 Å². The van der Waals surface area contributed by atoms with Gasteiger partial charge in [-0.2, -0.15) is 0 Å². The van der Waals surface area contributed by atoms with Gasteiger partial charge in [-0.25, -0.2) is 52.7 Å². The highest BCUT2D eigenvalue weighted by molar-refractivity contribution is 6.10. The Labute approximate surface area is 819 Å². The van der Waals surface area contributed by atoms with E-state index in [9.17, 15) is 52.7 Å². The summed E-state index contributed by atoms with van der Waals surface area (Å²) in [4.78, 5) is 0. The average Bonchev–Trinajstić information content (AvgIpc) is 0.765. The second-order valence-corrected chi connectivity index (χ2v) is 40.4. The van der Waals surface area contributed by atoms with E-state index >= 15 is 0 Å². The zero-order valence-corrected chi connectivity index (χ0v) is 84.6. The molecular weight excluding hydrogens is 1770 g/mol. The minimum Gasteiger partial charge on any atom is -0.204 e. The third kappa shape index (κ3) is 27.0. The fourth-order valence-corrected chi connectivity index (χ4v) is 15.9. The second kappa shape index (κ2) is 45.4. The minimum atomic E-state index is -2.29. The van der Waals surface area contributed by atoms with Crippen molar-refractivity contribution in [1.29, 1.82) is 0 Å². The Balaban J connectivity index is 0.000000153. The van der Waals surface area contributed by atoms with Crippen molar-refractivity contribution in [2.24, 2.45) is 0 Å². The van der Waals surface area contributed by atoms with E-state index in [2.05, 4.69) is 433 Å². The number of halogens is 12. The molecule has 0 radical (unpaired) electrons. The molecule has 0 aliphatic heterocycles. The highest BCUT2D eigenvalue weighted by atomic mass is 19.2. The first kappa shape index (κ1) is 107. The first-order valence-electron chi connectivity index (χ1n) is 46.9. The standard InChI is InChI=1S/2C20H26.C18H18.C16H14.C16H18.C14H14.C12H2F8.C12H6F4/c1-19(2,3)17-11-7-15(8-12-17)16-9-13-18(14-10-16)20(4,5)6;1-19(2,3)17-11-7-9-15(13-17)16-10-8-12-18(14-16)20(4,5)6;1-11-5-7-17-15(13(11)3)9-10-16-14(4)12(2)6-8-18(16)17;1-11-3-7-15-13(9-11)5-6-14-10-12(2)4-8-16(14)15;1-11-5-7-15(9-13(11)3)16-8-6-12(2)14(4)10-16;1-11-3-7-13(8-4-11)14-9-5-12(2)6-10-14;13-5-1-3(7(15)11(19)9(5)17)4-2-6(14)10(18)12(20)8(4)16;13-9-3-1-7(5-11(9)15)8-2-4-10(14)12(16)6-8/h2*7-14H,1-6H3;5-10H,1-4H3;3-10H,1-2H3;5-10H,1-4H3;3-10H,1-2H3;1-2H;1-6H. The van der Waals surface area contributed by atoms with Gasteiger partial charge in [0.1, 0.15) is 0 Å². The van der Waals surface area contributed by atoms with E-state index < -0.39 is 80.9 Å². The summed E-state index contributed by atoms with van der Waals surface area (Å²) in [7, 11) is 0. The molecule has 0 spiro atoms. The predicted molar refractivity (Wildman–Crippen MR) is 565 cm³/mol.